The van der Waals surface area contributed by atoms with Gasteiger partial charge in [0.15, 0.2) is 4.96 Å². The molecule has 182 valence electrons. The van der Waals surface area contributed by atoms with Crippen molar-refractivity contribution in [1.29, 1.82) is 0 Å². The Hall–Kier alpha value is -2.85. The fourth-order valence-electron chi connectivity index (χ4n) is 4.93. The van der Waals surface area contributed by atoms with Gasteiger partial charge in [-0.25, -0.2) is 9.37 Å². The van der Waals surface area contributed by atoms with Gasteiger partial charge in [0.25, 0.3) is 5.91 Å². The molecule has 2 aliphatic rings. The minimum atomic E-state index is -0.294. The second-order valence-electron chi connectivity index (χ2n) is 9.44. The highest BCUT2D eigenvalue weighted by Gasteiger charge is 2.21. The first-order chi connectivity index (χ1) is 17.0. The van der Waals surface area contributed by atoms with Crippen molar-refractivity contribution >= 4 is 32.4 Å². The number of benzene rings is 2. The predicted molar refractivity (Wildman–Crippen MR) is 136 cm³/mol. The normalized spacial score (nSPS) is 20.0. The number of piperidine rings is 1. The fraction of sp³-hybridized carbons (Fsp3) is 0.385. The van der Waals surface area contributed by atoms with Crippen molar-refractivity contribution in [2.75, 3.05) is 39.9 Å². The molecule has 2 aromatic heterocycles. The van der Waals surface area contributed by atoms with Gasteiger partial charge in [0, 0.05) is 29.9 Å². The molecule has 2 fully saturated rings. The Bertz CT molecular complexity index is 1390. The number of rotatable bonds is 4. The number of hydrogen-bond acceptors (Lipinski definition) is 6. The lowest BCUT2D eigenvalue weighted by Crippen LogP contribution is -2.43. The molecule has 2 saturated heterocycles. The Morgan fingerprint density at radius 3 is 2.86 bits per heavy atom. The van der Waals surface area contributed by atoms with E-state index in [1.165, 1.54) is 11.3 Å². The number of fused-ring (bicyclic) bond motifs is 3. The topological polar surface area (TPSA) is 70.9 Å². The van der Waals surface area contributed by atoms with E-state index < -0.39 is 0 Å². The number of nitrogens with one attached hydrogen (secondary N) is 2. The fourth-order valence-corrected chi connectivity index (χ4v) is 5.98. The van der Waals surface area contributed by atoms with E-state index in [2.05, 4.69) is 22.6 Å². The standard InChI is InChI=1S/C26H28FN5O2S/c1-31-9-6-18(7-10-31)29-25(33)17-3-5-23-24(13-17)35-26-30-21(14-32(23)26)19-4-2-16(12-20(19)27)22-15-34-11-8-28-22/h2-5,12-14,18,22,28H,6-11,15H2,1H3,(H,29,33). The summed E-state index contributed by atoms with van der Waals surface area (Å²) in [5.41, 5.74) is 3.56. The van der Waals surface area contributed by atoms with E-state index in [1.807, 2.05) is 34.9 Å². The number of thiazole rings is 1. The highest BCUT2D eigenvalue weighted by Crippen LogP contribution is 2.32. The van der Waals surface area contributed by atoms with Crippen molar-refractivity contribution in [3.63, 3.8) is 0 Å². The predicted octanol–water partition coefficient (Wildman–Crippen LogP) is 3.84. The van der Waals surface area contributed by atoms with Crippen LogP contribution in [0.2, 0.25) is 0 Å². The first-order valence-electron chi connectivity index (χ1n) is 12.1. The lowest BCUT2D eigenvalue weighted by molar-refractivity contribution is 0.0768. The highest BCUT2D eigenvalue weighted by atomic mass is 32.1. The number of morpholine rings is 1. The molecule has 7 nitrogen and oxygen atoms in total. The van der Waals surface area contributed by atoms with Gasteiger partial charge < -0.3 is 20.3 Å². The van der Waals surface area contributed by atoms with Gasteiger partial charge in [-0.1, -0.05) is 17.4 Å². The largest absolute Gasteiger partial charge is 0.378 e. The first kappa shape index (κ1) is 22.6. The molecule has 2 aliphatic heterocycles. The molecule has 0 saturated carbocycles. The number of imidazole rings is 1. The van der Waals surface area contributed by atoms with Crippen LogP contribution in [-0.2, 0) is 4.74 Å². The zero-order valence-corrected chi connectivity index (χ0v) is 20.4. The smallest absolute Gasteiger partial charge is 0.251 e. The van der Waals surface area contributed by atoms with Gasteiger partial charge in [-0.05, 0) is 68.9 Å². The maximum Gasteiger partial charge on any atom is 0.251 e. The van der Waals surface area contributed by atoms with Crippen LogP contribution in [0.4, 0.5) is 4.39 Å². The molecule has 0 spiro atoms. The molecule has 1 amide bonds. The molecule has 1 unspecified atom stereocenters. The van der Waals surface area contributed by atoms with Gasteiger partial charge >= 0.3 is 0 Å². The van der Waals surface area contributed by atoms with Crippen LogP contribution in [0.3, 0.4) is 0 Å². The molecule has 2 aromatic carbocycles. The van der Waals surface area contributed by atoms with E-state index in [-0.39, 0.29) is 23.8 Å². The Morgan fingerprint density at radius 1 is 1.23 bits per heavy atom. The molecule has 0 radical (unpaired) electrons. The van der Waals surface area contributed by atoms with Crippen molar-refractivity contribution in [3.05, 3.63) is 59.5 Å². The number of hydrogen-bond donors (Lipinski definition) is 2. The molecular weight excluding hydrogens is 465 g/mol. The SMILES string of the molecule is CN1CCC(NC(=O)c2ccc3c(c2)sc2nc(-c4ccc(C5COCCN5)cc4F)cn23)CC1. The highest BCUT2D eigenvalue weighted by molar-refractivity contribution is 7.23. The quantitative estimate of drug-likeness (QED) is 0.452. The first-order valence-corrected chi connectivity index (χ1v) is 12.9. The molecule has 1 atom stereocenters. The summed E-state index contributed by atoms with van der Waals surface area (Å²) in [5, 5.41) is 6.53. The molecule has 4 aromatic rings. The summed E-state index contributed by atoms with van der Waals surface area (Å²) in [6.45, 7) is 4.00. The van der Waals surface area contributed by atoms with Crippen molar-refractivity contribution in [3.8, 4) is 11.3 Å². The van der Waals surface area contributed by atoms with Crippen LogP contribution < -0.4 is 10.6 Å². The van der Waals surface area contributed by atoms with Crippen LogP contribution in [0, 0.1) is 5.82 Å². The van der Waals surface area contributed by atoms with Crippen LogP contribution in [0.5, 0.6) is 0 Å². The lowest BCUT2D eigenvalue weighted by atomic mass is 10.0. The second kappa shape index (κ2) is 9.31. The number of carbonyl (C=O) groups excluding carboxylic acids is 1. The van der Waals surface area contributed by atoms with Gasteiger partial charge in [0.2, 0.25) is 0 Å². The van der Waals surface area contributed by atoms with Crippen LogP contribution in [0.25, 0.3) is 26.4 Å². The van der Waals surface area contributed by atoms with Gasteiger partial charge in [0.1, 0.15) is 5.82 Å². The van der Waals surface area contributed by atoms with Gasteiger partial charge in [-0.2, -0.15) is 0 Å². The minimum absolute atomic E-state index is 0.00702. The van der Waals surface area contributed by atoms with Gasteiger partial charge in [0.05, 0.1) is 35.2 Å². The third kappa shape index (κ3) is 4.45. The van der Waals surface area contributed by atoms with E-state index in [0.717, 1.165) is 53.2 Å². The summed E-state index contributed by atoms with van der Waals surface area (Å²) in [6.07, 6.45) is 3.82. The summed E-state index contributed by atoms with van der Waals surface area (Å²) in [7, 11) is 2.11. The number of amides is 1. The number of ether oxygens (including phenoxy) is 1. The molecule has 35 heavy (non-hydrogen) atoms. The van der Waals surface area contributed by atoms with Crippen LogP contribution in [-0.4, -0.2) is 66.1 Å². The lowest BCUT2D eigenvalue weighted by Gasteiger charge is -2.29. The molecule has 9 heteroatoms. The molecule has 0 bridgehead atoms. The van der Waals surface area contributed by atoms with Crippen molar-refractivity contribution in [2.24, 2.45) is 0 Å². The minimum Gasteiger partial charge on any atom is -0.378 e. The van der Waals surface area contributed by atoms with Crippen molar-refractivity contribution in [1.82, 2.24) is 24.9 Å². The van der Waals surface area contributed by atoms with E-state index in [0.29, 0.717) is 30.0 Å². The van der Waals surface area contributed by atoms with E-state index >= 15 is 4.39 Å². The Balaban J connectivity index is 1.23. The zero-order chi connectivity index (χ0) is 23.9. The van der Waals surface area contributed by atoms with E-state index in [1.54, 1.807) is 12.1 Å². The van der Waals surface area contributed by atoms with Gasteiger partial charge in [-0.3, -0.25) is 9.20 Å². The summed E-state index contributed by atoms with van der Waals surface area (Å²) < 4.78 is 23.5. The number of nitrogens with zero attached hydrogens (tertiary/aromatic N) is 3. The summed E-state index contributed by atoms with van der Waals surface area (Å²) in [4.78, 5) is 20.6. The van der Waals surface area contributed by atoms with Crippen molar-refractivity contribution in [2.45, 2.75) is 24.9 Å². The third-order valence-corrected chi connectivity index (χ3v) is 8.02. The Morgan fingerprint density at radius 2 is 2.09 bits per heavy atom. The maximum atomic E-state index is 15.0. The van der Waals surface area contributed by atoms with E-state index in [9.17, 15) is 4.79 Å². The average Bonchev–Trinajstić information content (AvgIpc) is 3.43. The molecule has 4 heterocycles. The number of halogens is 1. The van der Waals surface area contributed by atoms with Crippen LogP contribution >= 0.6 is 11.3 Å². The molecule has 0 aliphatic carbocycles. The van der Waals surface area contributed by atoms with Crippen LogP contribution in [0.1, 0.15) is 34.8 Å². The number of carbonyl (C=O) groups is 1. The number of aromatic nitrogens is 2. The second-order valence-corrected chi connectivity index (χ2v) is 10.4. The number of likely N-dealkylation sites (tertiary alicyclic amines) is 1. The van der Waals surface area contributed by atoms with Gasteiger partial charge in [-0.15, -0.1) is 0 Å². The summed E-state index contributed by atoms with van der Waals surface area (Å²) in [6, 6.07) is 11.3. The Labute approximate surface area is 206 Å². The summed E-state index contributed by atoms with van der Waals surface area (Å²) in [5.74, 6) is -0.328. The molecule has 6 rings (SSSR count). The van der Waals surface area contributed by atoms with E-state index in [4.69, 9.17) is 9.72 Å². The third-order valence-electron chi connectivity index (χ3n) is 7.00. The summed E-state index contributed by atoms with van der Waals surface area (Å²) >= 11 is 1.50. The maximum absolute atomic E-state index is 15.0. The molecule has 2 N–H and O–H groups in total. The Kier molecular flexibility index (Phi) is 6.01. The van der Waals surface area contributed by atoms with Crippen molar-refractivity contribution < 1.29 is 13.9 Å². The molecular formula is C26H28FN5O2S. The average molecular weight is 494 g/mol. The zero-order valence-electron chi connectivity index (χ0n) is 19.6. The van der Waals surface area contributed by atoms with Crippen LogP contribution in [0.15, 0.2) is 42.6 Å². The monoisotopic (exact) mass is 493 g/mol.